The Morgan fingerprint density at radius 3 is 2.57 bits per heavy atom. The van der Waals surface area contributed by atoms with Gasteiger partial charge in [0.05, 0.1) is 16.4 Å². The zero-order chi connectivity index (χ0) is 21.3. The summed E-state index contributed by atoms with van der Waals surface area (Å²) in [6.45, 7) is 1.84. The van der Waals surface area contributed by atoms with Crippen molar-refractivity contribution in [3.63, 3.8) is 0 Å². The van der Waals surface area contributed by atoms with Crippen molar-refractivity contribution in [1.29, 1.82) is 0 Å². The summed E-state index contributed by atoms with van der Waals surface area (Å²) in [5, 5.41) is 15.9. The maximum absolute atomic E-state index is 13.1. The number of amides is 1. The summed E-state index contributed by atoms with van der Waals surface area (Å²) in [5.74, 6) is 0.408. The van der Waals surface area contributed by atoms with E-state index in [0.717, 1.165) is 10.9 Å². The van der Waals surface area contributed by atoms with Gasteiger partial charge in [-0.05, 0) is 30.7 Å². The molecule has 4 aromatic rings. The van der Waals surface area contributed by atoms with Crippen LogP contribution in [0.3, 0.4) is 0 Å². The normalized spacial score (nSPS) is 11.9. The van der Waals surface area contributed by atoms with Crippen LogP contribution in [-0.4, -0.2) is 27.9 Å². The number of rotatable bonds is 5. The van der Waals surface area contributed by atoms with Crippen molar-refractivity contribution in [3.8, 4) is 11.3 Å². The van der Waals surface area contributed by atoms with Gasteiger partial charge in [-0.15, -0.1) is 0 Å². The van der Waals surface area contributed by atoms with E-state index in [4.69, 9.17) is 4.52 Å². The smallest absolute Gasteiger partial charge is 0.269 e. The second kappa shape index (κ2) is 7.79. The maximum Gasteiger partial charge on any atom is 0.269 e. The molecule has 1 aromatic heterocycles. The molecule has 3 aromatic carbocycles. The number of aromatic nitrogens is 1. The van der Waals surface area contributed by atoms with Gasteiger partial charge >= 0.3 is 0 Å². The predicted molar refractivity (Wildman–Crippen MR) is 113 cm³/mol. The number of fused-ring (bicyclic) bond motifs is 1. The van der Waals surface area contributed by atoms with Crippen molar-refractivity contribution in [3.05, 3.63) is 94.0 Å². The molecule has 0 bridgehead atoms. The lowest BCUT2D eigenvalue weighted by atomic mass is 10.0. The Morgan fingerprint density at radius 2 is 1.83 bits per heavy atom. The van der Waals surface area contributed by atoms with Crippen LogP contribution in [0, 0.1) is 10.1 Å². The lowest BCUT2D eigenvalue weighted by molar-refractivity contribution is -0.384. The SMILES string of the molecule is C[C@@H](c1cccc([N+](=O)[O-])c1)N(C)C(=O)c1ccc2noc(-c3ccccc3)c2c1. The molecule has 0 aliphatic rings. The fourth-order valence-electron chi connectivity index (χ4n) is 3.37. The molecule has 0 saturated carbocycles. The number of hydrogen-bond donors (Lipinski definition) is 0. The molecule has 30 heavy (non-hydrogen) atoms. The van der Waals surface area contributed by atoms with Gasteiger partial charge in [0, 0.05) is 30.3 Å². The van der Waals surface area contributed by atoms with E-state index in [0.29, 0.717) is 22.4 Å². The van der Waals surface area contributed by atoms with E-state index in [-0.39, 0.29) is 17.6 Å². The number of carbonyl (C=O) groups excluding carboxylic acids is 1. The van der Waals surface area contributed by atoms with E-state index in [1.54, 1.807) is 42.3 Å². The summed E-state index contributed by atoms with van der Waals surface area (Å²) in [5.41, 5.74) is 2.72. The van der Waals surface area contributed by atoms with Gasteiger partial charge in [-0.25, -0.2) is 0 Å². The monoisotopic (exact) mass is 401 g/mol. The lowest BCUT2D eigenvalue weighted by Gasteiger charge is -2.25. The van der Waals surface area contributed by atoms with Gasteiger partial charge in [-0.1, -0.05) is 47.6 Å². The van der Waals surface area contributed by atoms with E-state index in [1.807, 2.05) is 37.3 Å². The fourth-order valence-corrected chi connectivity index (χ4v) is 3.37. The molecule has 0 spiro atoms. The Balaban J connectivity index is 1.65. The molecule has 150 valence electrons. The summed E-state index contributed by atoms with van der Waals surface area (Å²) in [6.07, 6.45) is 0. The van der Waals surface area contributed by atoms with Crippen LogP contribution in [0.15, 0.2) is 77.3 Å². The minimum atomic E-state index is -0.441. The quantitative estimate of drug-likeness (QED) is 0.337. The van der Waals surface area contributed by atoms with Gasteiger partial charge in [-0.3, -0.25) is 14.9 Å². The molecule has 0 unspecified atom stereocenters. The number of non-ortho nitro benzene ring substituents is 1. The van der Waals surface area contributed by atoms with Gasteiger partial charge < -0.3 is 9.42 Å². The third-order valence-electron chi connectivity index (χ3n) is 5.22. The highest BCUT2D eigenvalue weighted by molar-refractivity contribution is 6.01. The zero-order valence-electron chi connectivity index (χ0n) is 16.5. The van der Waals surface area contributed by atoms with E-state index < -0.39 is 4.92 Å². The maximum atomic E-state index is 13.1. The minimum Gasteiger partial charge on any atom is -0.355 e. The van der Waals surface area contributed by atoms with Crippen LogP contribution in [-0.2, 0) is 0 Å². The number of nitro groups is 1. The molecule has 0 aliphatic heterocycles. The van der Waals surface area contributed by atoms with Gasteiger partial charge in [0.25, 0.3) is 11.6 Å². The average molecular weight is 401 g/mol. The average Bonchev–Trinajstić information content (AvgIpc) is 3.21. The van der Waals surface area contributed by atoms with Crippen LogP contribution in [0.25, 0.3) is 22.2 Å². The van der Waals surface area contributed by atoms with E-state index in [1.165, 1.54) is 12.1 Å². The largest absolute Gasteiger partial charge is 0.355 e. The molecule has 0 radical (unpaired) electrons. The molecular weight excluding hydrogens is 382 g/mol. The van der Waals surface area contributed by atoms with Gasteiger partial charge in [-0.2, -0.15) is 0 Å². The molecule has 0 saturated heterocycles. The summed E-state index contributed by atoms with van der Waals surface area (Å²) < 4.78 is 5.51. The highest BCUT2D eigenvalue weighted by Crippen LogP contribution is 2.30. The third kappa shape index (κ3) is 3.53. The number of nitrogens with zero attached hydrogens (tertiary/aromatic N) is 3. The molecular formula is C23H19N3O4. The second-order valence-electron chi connectivity index (χ2n) is 7.05. The Hall–Kier alpha value is -4.00. The Kier molecular flexibility index (Phi) is 5.02. The fraction of sp³-hybridized carbons (Fsp3) is 0.130. The topological polar surface area (TPSA) is 89.5 Å². The first-order chi connectivity index (χ1) is 14.5. The van der Waals surface area contributed by atoms with Gasteiger partial charge in [0.1, 0.15) is 5.52 Å². The summed E-state index contributed by atoms with van der Waals surface area (Å²) in [6, 6.07) is 20.8. The molecule has 7 nitrogen and oxygen atoms in total. The van der Waals surface area contributed by atoms with Crippen LogP contribution in [0.1, 0.15) is 28.9 Å². The minimum absolute atomic E-state index is 0.00130. The lowest BCUT2D eigenvalue weighted by Crippen LogP contribution is -2.29. The number of carbonyl (C=O) groups is 1. The van der Waals surface area contributed by atoms with Gasteiger partial charge in [0.15, 0.2) is 5.76 Å². The Bertz CT molecular complexity index is 1230. The summed E-state index contributed by atoms with van der Waals surface area (Å²) >= 11 is 0. The third-order valence-corrected chi connectivity index (χ3v) is 5.22. The predicted octanol–water partition coefficient (Wildman–Crippen LogP) is 5.24. The van der Waals surface area contributed by atoms with Crippen LogP contribution in [0.5, 0.6) is 0 Å². The van der Waals surface area contributed by atoms with Crippen LogP contribution >= 0.6 is 0 Å². The van der Waals surface area contributed by atoms with Crippen molar-refractivity contribution < 1.29 is 14.2 Å². The van der Waals surface area contributed by atoms with Crippen molar-refractivity contribution in [2.24, 2.45) is 0 Å². The molecule has 1 heterocycles. The van der Waals surface area contributed by atoms with Crippen molar-refractivity contribution in [2.45, 2.75) is 13.0 Å². The second-order valence-corrected chi connectivity index (χ2v) is 7.05. The standard InChI is InChI=1S/C23H19N3O4/c1-15(17-9-6-10-19(13-17)26(28)29)25(2)23(27)18-11-12-21-20(14-18)22(30-24-21)16-7-4-3-5-8-16/h3-15H,1-2H3/t15-/m0/s1. The van der Waals surface area contributed by atoms with E-state index >= 15 is 0 Å². The molecule has 0 aliphatic carbocycles. The van der Waals surface area contributed by atoms with Crippen LogP contribution < -0.4 is 0 Å². The highest BCUT2D eigenvalue weighted by atomic mass is 16.6. The Morgan fingerprint density at radius 1 is 1.07 bits per heavy atom. The number of hydrogen-bond acceptors (Lipinski definition) is 5. The van der Waals surface area contributed by atoms with Crippen molar-refractivity contribution in [2.75, 3.05) is 7.05 Å². The molecule has 1 atom stereocenters. The van der Waals surface area contributed by atoms with Crippen LogP contribution in [0.4, 0.5) is 5.69 Å². The van der Waals surface area contributed by atoms with E-state index in [2.05, 4.69) is 5.16 Å². The molecule has 4 rings (SSSR count). The first-order valence-electron chi connectivity index (χ1n) is 9.42. The molecule has 0 N–H and O–H groups in total. The van der Waals surface area contributed by atoms with Gasteiger partial charge in [0.2, 0.25) is 0 Å². The van der Waals surface area contributed by atoms with Crippen molar-refractivity contribution in [1.82, 2.24) is 10.1 Å². The molecule has 7 heteroatoms. The molecule has 1 amide bonds. The number of benzene rings is 3. The summed E-state index contributed by atoms with van der Waals surface area (Å²) in [7, 11) is 1.68. The number of nitro benzene ring substituents is 1. The zero-order valence-corrected chi connectivity index (χ0v) is 16.5. The van der Waals surface area contributed by atoms with Crippen molar-refractivity contribution >= 4 is 22.5 Å². The highest BCUT2D eigenvalue weighted by Gasteiger charge is 2.22. The van der Waals surface area contributed by atoms with E-state index in [9.17, 15) is 14.9 Å². The first-order valence-corrected chi connectivity index (χ1v) is 9.42. The first kappa shape index (κ1) is 19.3. The Labute approximate surface area is 172 Å². The molecule has 0 fully saturated rings. The summed E-state index contributed by atoms with van der Waals surface area (Å²) in [4.78, 5) is 25.3. The van der Waals surface area contributed by atoms with Crippen LogP contribution in [0.2, 0.25) is 0 Å².